The van der Waals surface area contributed by atoms with Crippen LogP contribution in [0.3, 0.4) is 0 Å². The van der Waals surface area contributed by atoms with Crippen molar-refractivity contribution in [1.82, 2.24) is 14.5 Å². The van der Waals surface area contributed by atoms with Crippen molar-refractivity contribution in [2.45, 2.75) is 37.6 Å². The Morgan fingerprint density at radius 3 is 2.80 bits per heavy atom. The van der Waals surface area contributed by atoms with E-state index in [1.807, 2.05) is 16.8 Å². The molecule has 1 aromatic carbocycles. The van der Waals surface area contributed by atoms with Crippen molar-refractivity contribution < 1.29 is 19.0 Å². The van der Waals surface area contributed by atoms with E-state index in [4.69, 9.17) is 19.9 Å². The van der Waals surface area contributed by atoms with E-state index in [1.165, 1.54) is 7.11 Å². The van der Waals surface area contributed by atoms with Crippen LogP contribution in [0.1, 0.15) is 47.8 Å². The number of aromatic nitrogens is 2. The fourth-order valence-electron chi connectivity index (χ4n) is 4.34. The molecule has 2 fully saturated rings. The molecule has 0 amide bonds. The molecule has 0 spiro atoms. The molecule has 162 valence electrons. The highest BCUT2D eigenvalue weighted by molar-refractivity contribution is 5.94. The van der Waals surface area contributed by atoms with E-state index in [1.54, 1.807) is 12.3 Å². The van der Waals surface area contributed by atoms with Crippen molar-refractivity contribution in [3.63, 3.8) is 0 Å². The minimum absolute atomic E-state index is 0.310. The number of likely N-dealkylation sites (tertiary alicyclic amines) is 1. The maximum atomic E-state index is 12.4. The summed E-state index contributed by atoms with van der Waals surface area (Å²) in [5.74, 6) is 1.29. The van der Waals surface area contributed by atoms with Gasteiger partial charge in [0.25, 0.3) is 0 Å². The van der Waals surface area contributed by atoms with Crippen molar-refractivity contribution in [3.8, 4) is 11.4 Å². The standard InChI is InChI=1S/C22H30N4O4/c1-25-8-3-4-16(25)14-30-20-13-19(18(23)12-17(20)22(27)28-2)26-9-7-24-21(26)15-5-10-29-11-6-15/h7,9,12-13,15-16H,3-6,8,10-11,14,23H2,1-2H3/t16-/m0/s1. The summed E-state index contributed by atoms with van der Waals surface area (Å²) in [5.41, 5.74) is 7.95. The van der Waals surface area contributed by atoms with Crippen LogP contribution in [0.25, 0.3) is 5.69 Å². The quantitative estimate of drug-likeness (QED) is 0.574. The summed E-state index contributed by atoms with van der Waals surface area (Å²) < 4.78 is 18.6. The van der Waals surface area contributed by atoms with Gasteiger partial charge in [-0.05, 0) is 45.3 Å². The number of esters is 1. The minimum atomic E-state index is -0.460. The summed E-state index contributed by atoms with van der Waals surface area (Å²) in [7, 11) is 3.46. The molecular formula is C22H30N4O4. The molecule has 3 heterocycles. The van der Waals surface area contributed by atoms with Crippen molar-refractivity contribution >= 4 is 11.7 Å². The van der Waals surface area contributed by atoms with Crippen LogP contribution in [0, 0.1) is 0 Å². The molecule has 1 atom stereocenters. The molecule has 2 saturated heterocycles. The van der Waals surface area contributed by atoms with Crippen LogP contribution < -0.4 is 10.5 Å². The molecule has 30 heavy (non-hydrogen) atoms. The largest absolute Gasteiger partial charge is 0.491 e. The van der Waals surface area contributed by atoms with Crippen molar-refractivity contribution in [3.05, 3.63) is 35.9 Å². The van der Waals surface area contributed by atoms with E-state index in [-0.39, 0.29) is 0 Å². The Kier molecular flexibility index (Phi) is 6.24. The zero-order chi connectivity index (χ0) is 21.1. The SMILES string of the molecule is COC(=O)c1cc(N)c(-n2ccnc2C2CCOCC2)cc1OC[C@@H]1CCCN1C. The third-order valence-corrected chi connectivity index (χ3v) is 6.15. The normalized spacial score (nSPS) is 20.4. The van der Waals surface area contributed by atoms with E-state index < -0.39 is 5.97 Å². The Morgan fingerprint density at radius 1 is 1.30 bits per heavy atom. The van der Waals surface area contributed by atoms with Crippen LogP contribution in [0.15, 0.2) is 24.5 Å². The van der Waals surface area contributed by atoms with Gasteiger partial charge in [0.1, 0.15) is 23.7 Å². The second kappa shape index (κ2) is 9.06. The van der Waals surface area contributed by atoms with Crippen LogP contribution in [-0.2, 0) is 9.47 Å². The van der Waals surface area contributed by atoms with Gasteiger partial charge in [0.2, 0.25) is 0 Å². The maximum absolute atomic E-state index is 12.4. The molecule has 2 aliphatic heterocycles. The number of nitrogens with two attached hydrogens (primary N) is 1. The van der Waals surface area contributed by atoms with Gasteiger partial charge in [0, 0.05) is 43.6 Å². The number of benzene rings is 1. The third kappa shape index (κ3) is 4.15. The fraction of sp³-hybridized carbons (Fsp3) is 0.545. The zero-order valence-corrected chi connectivity index (χ0v) is 17.7. The van der Waals surface area contributed by atoms with Gasteiger partial charge < -0.3 is 29.4 Å². The van der Waals surface area contributed by atoms with Crippen molar-refractivity contribution in [2.24, 2.45) is 0 Å². The average Bonchev–Trinajstić information content (AvgIpc) is 3.41. The molecule has 0 unspecified atom stereocenters. The van der Waals surface area contributed by atoms with Crippen LogP contribution in [0.2, 0.25) is 0 Å². The lowest BCUT2D eigenvalue weighted by molar-refractivity contribution is 0.0594. The van der Waals surface area contributed by atoms with Crippen LogP contribution in [0.4, 0.5) is 5.69 Å². The van der Waals surface area contributed by atoms with Gasteiger partial charge in [-0.25, -0.2) is 9.78 Å². The lowest BCUT2D eigenvalue weighted by Gasteiger charge is -2.24. The van der Waals surface area contributed by atoms with E-state index in [9.17, 15) is 4.79 Å². The van der Waals surface area contributed by atoms with Gasteiger partial charge in [-0.15, -0.1) is 0 Å². The van der Waals surface area contributed by atoms with Gasteiger partial charge in [-0.1, -0.05) is 0 Å². The number of nitrogen functional groups attached to an aromatic ring is 1. The van der Waals surface area contributed by atoms with Crippen molar-refractivity contribution in [1.29, 1.82) is 0 Å². The number of imidazole rings is 1. The highest BCUT2D eigenvalue weighted by Gasteiger charge is 2.25. The number of likely N-dealkylation sites (N-methyl/N-ethyl adjacent to an activating group) is 1. The van der Waals surface area contributed by atoms with E-state index in [0.29, 0.717) is 35.6 Å². The molecule has 0 radical (unpaired) electrons. The minimum Gasteiger partial charge on any atom is -0.491 e. The smallest absolute Gasteiger partial charge is 0.341 e. The molecule has 0 saturated carbocycles. The second-order valence-electron chi connectivity index (χ2n) is 8.03. The number of ether oxygens (including phenoxy) is 3. The zero-order valence-electron chi connectivity index (χ0n) is 17.7. The molecule has 8 nitrogen and oxygen atoms in total. The lowest BCUT2D eigenvalue weighted by Crippen LogP contribution is -2.31. The molecule has 2 aromatic rings. The second-order valence-corrected chi connectivity index (χ2v) is 8.03. The first kappa shape index (κ1) is 20.7. The highest BCUT2D eigenvalue weighted by Crippen LogP contribution is 2.33. The van der Waals surface area contributed by atoms with E-state index in [0.717, 1.165) is 57.0 Å². The first-order valence-electron chi connectivity index (χ1n) is 10.5. The molecule has 4 rings (SSSR count). The monoisotopic (exact) mass is 414 g/mol. The maximum Gasteiger partial charge on any atom is 0.341 e. The number of rotatable bonds is 6. The van der Waals surface area contributed by atoms with Gasteiger partial charge in [0.15, 0.2) is 0 Å². The fourth-order valence-corrected chi connectivity index (χ4v) is 4.34. The summed E-state index contributed by atoms with van der Waals surface area (Å²) in [5, 5.41) is 0. The molecule has 1 aromatic heterocycles. The number of anilines is 1. The highest BCUT2D eigenvalue weighted by atomic mass is 16.5. The molecular weight excluding hydrogens is 384 g/mol. The van der Waals surface area contributed by atoms with Gasteiger partial charge >= 0.3 is 5.97 Å². The molecule has 2 N–H and O–H groups in total. The number of carbonyl (C=O) groups is 1. The topological polar surface area (TPSA) is 91.8 Å². The van der Waals surface area contributed by atoms with Crippen LogP contribution in [0.5, 0.6) is 5.75 Å². The lowest BCUT2D eigenvalue weighted by atomic mass is 9.99. The van der Waals surface area contributed by atoms with Crippen molar-refractivity contribution in [2.75, 3.05) is 46.3 Å². The first-order chi connectivity index (χ1) is 14.6. The van der Waals surface area contributed by atoms with Gasteiger partial charge in [-0.3, -0.25) is 0 Å². The summed E-state index contributed by atoms with van der Waals surface area (Å²) >= 11 is 0. The average molecular weight is 415 g/mol. The number of carbonyl (C=O) groups excluding carboxylic acids is 1. The Bertz CT molecular complexity index is 891. The van der Waals surface area contributed by atoms with Crippen LogP contribution >= 0.6 is 0 Å². The number of hydrogen-bond acceptors (Lipinski definition) is 7. The number of hydrogen-bond donors (Lipinski definition) is 1. The number of nitrogens with zero attached hydrogens (tertiary/aromatic N) is 3. The van der Waals surface area contributed by atoms with Gasteiger partial charge in [0.05, 0.1) is 18.5 Å². The molecule has 8 heteroatoms. The Balaban J connectivity index is 1.67. The molecule has 0 bridgehead atoms. The number of methoxy groups -OCH3 is 1. The summed E-state index contributed by atoms with van der Waals surface area (Å²) in [4.78, 5) is 19.2. The Hall–Kier alpha value is -2.58. The predicted octanol–water partition coefficient (Wildman–Crippen LogP) is 2.61. The molecule has 0 aliphatic carbocycles. The predicted molar refractivity (Wildman–Crippen MR) is 113 cm³/mol. The third-order valence-electron chi connectivity index (χ3n) is 6.15. The summed E-state index contributed by atoms with van der Waals surface area (Å²) in [6.07, 6.45) is 7.78. The van der Waals surface area contributed by atoms with Crippen LogP contribution in [-0.4, -0.2) is 67.0 Å². The van der Waals surface area contributed by atoms with Gasteiger partial charge in [-0.2, -0.15) is 0 Å². The summed E-state index contributed by atoms with van der Waals surface area (Å²) in [6, 6.07) is 3.81. The Morgan fingerprint density at radius 2 is 2.10 bits per heavy atom. The first-order valence-corrected chi connectivity index (χ1v) is 10.5. The molecule has 2 aliphatic rings. The Labute approximate surface area is 176 Å². The van der Waals surface area contributed by atoms with E-state index >= 15 is 0 Å². The van der Waals surface area contributed by atoms with E-state index in [2.05, 4.69) is 16.9 Å². The summed E-state index contributed by atoms with van der Waals surface area (Å²) in [6.45, 7) is 3.05.